The van der Waals surface area contributed by atoms with Crippen LogP contribution in [0.3, 0.4) is 0 Å². The maximum atomic E-state index is 12.2. The van der Waals surface area contributed by atoms with Gasteiger partial charge in [0.1, 0.15) is 0 Å². The first kappa shape index (κ1) is 12.4. The van der Waals surface area contributed by atoms with Gasteiger partial charge in [-0.25, -0.2) is 0 Å². The molecule has 2 atom stereocenters. The van der Waals surface area contributed by atoms with E-state index in [-0.39, 0.29) is 17.3 Å². The molecule has 2 aromatic rings. The summed E-state index contributed by atoms with van der Waals surface area (Å²) in [6.07, 6.45) is 6.25. The van der Waals surface area contributed by atoms with Crippen LogP contribution in [0.1, 0.15) is 29.6 Å². The van der Waals surface area contributed by atoms with Crippen LogP contribution in [0.25, 0.3) is 11.0 Å². The molecule has 0 spiro atoms. The van der Waals surface area contributed by atoms with Crippen molar-refractivity contribution in [1.29, 1.82) is 0 Å². The fourth-order valence-corrected chi connectivity index (χ4v) is 2.78. The van der Waals surface area contributed by atoms with E-state index in [0.29, 0.717) is 5.56 Å². The lowest BCUT2D eigenvalue weighted by atomic mass is 10.1. The van der Waals surface area contributed by atoms with E-state index in [9.17, 15) is 4.79 Å². The molecule has 1 fully saturated rings. The van der Waals surface area contributed by atoms with E-state index >= 15 is 0 Å². The van der Waals surface area contributed by atoms with Gasteiger partial charge in [-0.3, -0.25) is 14.8 Å². The standard InChI is InChI=1S/C14H14ClN3O/c15-10-2-1-3-11(10)18-14(19)9-4-5-12-13(8-9)17-7-6-16-12/h4-8,10-11H,1-3H2,(H,18,19). The number of carbonyl (C=O) groups excluding carboxylic acids is 1. The summed E-state index contributed by atoms with van der Waals surface area (Å²) < 4.78 is 0. The number of alkyl halides is 1. The van der Waals surface area contributed by atoms with Crippen LogP contribution >= 0.6 is 11.6 Å². The normalized spacial score (nSPS) is 22.6. The number of benzene rings is 1. The van der Waals surface area contributed by atoms with Crippen LogP contribution in [0.5, 0.6) is 0 Å². The number of hydrogen-bond donors (Lipinski definition) is 1. The van der Waals surface area contributed by atoms with Gasteiger partial charge in [0.05, 0.1) is 16.4 Å². The molecule has 4 nitrogen and oxygen atoms in total. The van der Waals surface area contributed by atoms with Gasteiger partial charge in [-0.05, 0) is 37.5 Å². The molecule has 1 aromatic carbocycles. The summed E-state index contributed by atoms with van der Waals surface area (Å²) in [5.74, 6) is -0.0925. The van der Waals surface area contributed by atoms with Gasteiger partial charge in [-0.2, -0.15) is 0 Å². The minimum Gasteiger partial charge on any atom is -0.348 e. The average molecular weight is 276 g/mol. The number of rotatable bonds is 2. The van der Waals surface area contributed by atoms with Crippen molar-refractivity contribution >= 4 is 28.5 Å². The Morgan fingerprint density at radius 3 is 2.74 bits per heavy atom. The second kappa shape index (κ2) is 5.13. The summed E-state index contributed by atoms with van der Waals surface area (Å²) in [5.41, 5.74) is 2.11. The number of amides is 1. The van der Waals surface area contributed by atoms with Crippen molar-refractivity contribution in [1.82, 2.24) is 15.3 Å². The molecule has 0 aliphatic heterocycles. The quantitative estimate of drug-likeness (QED) is 0.857. The molecule has 3 rings (SSSR count). The van der Waals surface area contributed by atoms with Gasteiger partial charge < -0.3 is 5.32 Å². The first-order chi connectivity index (χ1) is 9.24. The smallest absolute Gasteiger partial charge is 0.251 e. The van der Waals surface area contributed by atoms with Crippen LogP contribution in [0.15, 0.2) is 30.6 Å². The summed E-state index contributed by atoms with van der Waals surface area (Å²) >= 11 is 6.17. The van der Waals surface area contributed by atoms with Gasteiger partial charge in [0.15, 0.2) is 0 Å². The van der Waals surface area contributed by atoms with Crippen molar-refractivity contribution in [3.05, 3.63) is 36.2 Å². The molecule has 1 aromatic heterocycles. The van der Waals surface area contributed by atoms with Crippen molar-refractivity contribution < 1.29 is 4.79 Å². The Morgan fingerprint density at radius 1 is 1.21 bits per heavy atom. The van der Waals surface area contributed by atoms with E-state index in [0.717, 1.165) is 30.3 Å². The highest BCUT2D eigenvalue weighted by molar-refractivity contribution is 6.21. The summed E-state index contributed by atoms with van der Waals surface area (Å²) in [6, 6.07) is 5.41. The summed E-state index contributed by atoms with van der Waals surface area (Å²) in [6.45, 7) is 0. The Kier molecular flexibility index (Phi) is 3.34. The Balaban J connectivity index is 1.81. The van der Waals surface area contributed by atoms with E-state index in [2.05, 4.69) is 15.3 Å². The van der Waals surface area contributed by atoms with Crippen LogP contribution in [-0.2, 0) is 0 Å². The van der Waals surface area contributed by atoms with Crippen LogP contribution in [0.2, 0.25) is 0 Å². The molecule has 5 heteroatoms. The predicted molar refractivity (Wildman–Crippen MR) is 74.3 cm³/mol. The minimum absolute atomic E-state index is 0.0456. The molecular weight excluding hydrogens is 262 g/mol. The summed E-state index contributed by atoms with van der Waals surface area (Å²) in [5, 5.41) is 3.04. The number of nitrogens with one attached hydrogen (secondary N) is 1. The zero-order chi connectivity index (χ0) is 13.2. The molecule has 98 valence electrons. The highest BCUT2D eigenvalue weighted by Crippen LogP contribution is 2.24. The van der Waals surface area contributed by atoms with Crippen molar-refractivity contribution in [2.45, 2.75) is 30.7 Å². The van der Waals surface area contributed by atoms with E-state index < -0.39 is 0 Å². The SMILES string of the molecule is O=C(NC1CCCC1Cl)c1ccc2nccnc2c1. The number of carbonyl (C=O) groups is 1. The maximum Gasteiger partial charge on any atom is 0.251 e. The molecule has 1 N–H and O–H groups in total. The number of fused-ring (bicyclic) bond motifs is 1. The second-order valence-electron chi connectivity index (χ2n) is 4.79. The van der Waals surface area contributed by atoms with Crippen LogP contribution < -0.4 is 5.32 Å². The number of hydrogen-bond acceptors (Lipinski definition) is 3. The summed E-state index contributed by atoms with van der Waals surface area (Å²) in [7, 11) is 0. The van der Waals surface area contributed by atoms with Crippen LogP contribution in [0, 0.1) is 0 Å². The zero-order valence-corrected chi connectivity index (χ0v) is 11.1. The lowest BCUT2D eigenvalue weighted by Gasteiger charge is -2.15. The van der Waals surface area contributed by atoms with E-state index in [1.54, 1.807) is 24.5 Å². The molecule has 1 saturated carbocycles. The van der Waals surface area contributed by atoms with E-state index in [1.165, 1.54) is 0 Å². The minimum atomic E-state index is -0.0925. The molecule has 1 amide bonds. The molecule has 1 aliphatic rings. The molecule has 1 aliphatic carbocycles. The van der Waals surface area contributed by atoms with Crippen molar-refractivity contribution in [3.8, 4) is 0 Å². The van der Waals surface area contributed by atoms with Gasteiger partial charge in [0.25, 0.3) is 5.91 Å². The van der Waals surface area contributed by atoms with E-state index in [4.69, 9.17) is 11.6 Å². The molecule has 0 bridgehead atoms. The maximum absolute atomic E-state index is 12.2. The predicted octanol–water partition coefficient (Wildman–Crippen LogP) is 2.52. The first-order valence-electron chi connectivity index (χ1n) is 6.40. The number of halogens is 1. The van der Waals surface area contributed by atoms with E-state index in [1.807, 2.05) is 6.07 Å². The zero-order valence-electron chi connectivity index (χ0n) is 10.3. The van der Waals surface area contributed by atoms with Crippen LogP contribution in [0.4, 0.5) is 0 Å². The largest absolute Gasteiger partial charge is 0.348 e. The number of aromatic nitrogens is 2. The lowest BCUT2D eigenvalue weighted by Crippen LogP contribution is -2.37. The Labute approximate surface area is 116 Å². The molecule has 1 heterocycles. The van der Waals surface area contributed by atoms with Gasteiger partial charge in [-0.1, -0.05) is 0 Å². The Hall–Kier alpha value is -1.68. The van der Waals surface area contributed by atoms with Gasteiger partial charge >= 0.3 is 0 Å². The third kappa shape index (κ3) is 2.54. The highest BCUT2D eigenvalue weighted by atomic mass is 35.5. The Bertz CT molecular complexity index is 616. The highest BCUT2D eigenvalue weighted by Gasteiger charge is 2.26. The van der Waals surface area contributed by atoms with Crippen molar-refractivity contribution in [2.24, 2.45) is 0 Å². The molecular formula is C14H14ClN3O. The fraction of sp³-hybridized carbons (Fsp3) is 0.357. The third-order valence-corrected chi connectivity index (χ3v) is 4.00. The topological polar surface area (TPSA) is 54.9 Å². The molecule has 0 radical (unpaired) electrons. The van der Waals surface area contributed by atoms with Crippen LogP contribution in [-0.4, -0.2) is 27.3 Å². The van der Waals surface area contributed by atoms with Crippen molar-refractivity contribution in [2.75, 3.05) is 0 Å². The van der Waals surface area contributed by atoms with Gasteiger partial charge in [0.2, 0.25) is 0 Å². The van der Waals surface area contributed by atoms with Gasteiger partial charge in [-0.15, -0.1) is 11.6 Å². The third-order valence-electron chi connectivity index (χ3n) is 3.48. The van der Waals surface area contributed by atoms with Crippen molar-refractivity contribution in [3.63, 3.8) is 0 Å². The molecule has 2 unspecified atom stereocenters. The molecule has 0 saturated heterocycles. The first-order valence-corrected chi connectivity index (χ1v) is 6.83. The van der Waals surface area contributed by atoms with Gasteiger partial charge in [0, 0.05) is 24.0 Å². The lowest BCUT2D eigenvalue weighted by molar-refractivity contribution is 0.0938. The monoisotopic (exact) mass is 275 g/mol. The number of nitrogens with zero attached hydrogens (tertiary/aromatic N) is 2. The second-order valence-corrected chi connectivity index (χ2v) is 5.35. The fourth-order valence-electron chi connectivity index (χ4n) is 2.43. The average Bonchev–Trinajstić information content (AvgIpc) is 2.84. The molecule has 19 heavy (non-hydrogen) atoms. The Morgan fingerprint density at radius 2 is 2.00 bits per heavy atom. The summed E-state index contributed by atoms with van der Waals surface area (Å²) in [4.78, 5) is 20.6.